The van der Waals surface area contributed by atoms with E-state index < -0.39 is 13.7 Å². The van der Waals surface area contributed by atoms with Crippen LogP contribution in [0.15, 0.2) is 24.3 Å². The van der Waals surface area contributed by atoms with Crippen LogP contribution >= 0.6 is 0 Å². The second kappa shape index (κ2) is 9.36. The van der Waals surface area contributed by atoms with Crippen molar-refractivity contribution in [2.75, 3.05) is 7.11 Å². The van der Waals surface area contributed by atoms with Crippen LogP contribution in [0.2, 0.25) is 19.6 Å². The Bertz CT molecular complexity index is 694. The Morgan fingerprint density at radius 3 is 2.61 bits per heavy atom. The molecule has 4 nitrogen and oxygen atoms in total. The third kappa shape index (κ3) is 6.02. The van der Waals surface area contributed by atoms with Crippen molar-refractivity contribution in [3.63, 3.8) is 0 Å². The number of aryl methyl sites for hydroxylation is 1. The van der Waals surface area contributed by atoms with Gasteiger partial charge in [-0.05, 0) is 63.0 Å². The summed E-state index contributed by atoms with van der Waals surface area (Å²) < 4.78 is 11.6. The second-order valence-corrected chi connectivity index (χ2v) is 13.8. The van der Waals surface area contributed by atoms with E-state index in [4.69, 9.17) is 9.16 Å². The molecule has 156 valence electrons. The first-order chi connectivity index (χ1) is 13.0. The zero-order valence-electron chi connectivity index (χ0n) is 18.3. The van der Waals surface area contributed by atoms with E-state index in [1.54, 1.807) is 7.11 Å². The molecule has 0 saturated heterocycles. The molecule has 0 radical (unpaired) electrons. The SMILES string of the molecule is COc1cccc(CCCC(=O)CC[C@@]2(C)C(=O)[C@H](C)C[C@@H]2O[Si](C)(C)C)c1. The van der Waals surface area contributed by atoms with Gasteiger partial charge in [0.15, 0.2) is 8.32 Å². The maximum Gasteiger partial charge on any atom is 0.184 e. The topological polar surface area (TPSA) is 52.6 Å². The smallest absolute Gasteiger partial charge is 0.184 e. The van der Waals surface area contributed by atoms with Crippen molar-refractivity contribution in [2.45, 2.75) is 78.1 Å². The molecule has 0 spiro atoms. The number of hydrogen-bond donors (Lipinski definition) is 0. The van der Waals surface area contributed by atoms with Crippen LogP contribution in [0.3, 0.4) is 0 Å². The Hall–Kier alpha value is -1.46. The van der Waals surface area contributed by atoms with Crippen molar-refractivity contribution in [2.24, 2.45) is 11.3 Å². The van der Waals surface area contributed by atoms with Gasteiger partial charge in [-0.25, -0.2) is 0 Å². The Kier molecular flexibility index (Phi) is 7.63. The van der Waals surface area contributed by atoms with E-state index in [1.807, 2.05) is 32.0 Å². The van der Waals surface area contributed by atoms with Gasteiger partial charge in [0.05, 0.1) is 18.6 Å². The molecule has 1 aliphatic carbocycles. The van der Waals surface area contributed by atoms with Crippen molar-refractivity contribution < 1.29 is 18.8 Å². The van der Waals surface area contributed by atoms with Gasteiger partial charge >= 0.3 is 0 Å². The van der Waals surface area contributed by atoms with Crippen molar-refractivity contribution >= 4 is 19.9 Å². The summed E-state index contributed by atoms with van der Waals surface area (Å²) in [7, 11) is -0.0800. The first-order valence-electron chi connectivity index (χ1n) is 10.4. The molecule has 2 rings (SSSR count). The largest absolute Gasteiger partial charge is 0.497 e. The van der Waals surface area contributed by atoms with Gasteiger partial charge in [-0.2, -0.15) is 0 Å². The number of Topliss-reactive ketones (excluding diaryl/α,β-unsaturated/α-hetero) is 2. The zero-order chi connectivity index (χ0) is 20.9. The van der Waals surface area contributed by atoms with Gasteiger partial charge < -0.3 is 9.16 Å². The average molecular weight is 405 g/mol. The van der Waals surface area contributed by atoms with Gasteiger partial charge in [-0.3, -0.25) is 9.59 Å². The normalized spacial score (nSPS) is 25.1. The summed E-state index contributed by atoms with van der Waals surface area (Å²) in [5.41, 5.74) is 0.657. The van der Waals surface area contributed by atoms with E-state index in [2.05, 4.69) is 25.7 Å². The van der Waals surface area contributed by atoms with E-state index in [-0.39, 0.29) is 23.6 Å². The number of methoxy groups -OCH3 is 1. The van der Waals surface area contributed by atoms with Gasteiger partial charge in [0.1, 0.15) is 17.3 Å². The highest BCUT2D eigenvalue weighted by molar-refractivity contribution is 6.69. The number of benzene rings is 1. The number of rotatable bonds is 10. The molecule has 1 saturated carbocycles. The lowest BCUT2D eigenvalue weighted by molar-refractivity contribution is -0.131. The fourth-order valence-corrected chi connectivity index (χ4v) is 5.35. The van der Waals surface area contributed by atoms with Crippen LogP contribution in [0.4, 0.5) is 0 Å². The Morgan fingerprint density at radius 1 is 1.25 bits per heavy atom. The van der Waals surface area contributed by atoms with Gasteiger partial charge in [0.25, 0.3) is 0 Å². The van der Waals surface area contributed by atoms with Crippen LogP contribution in [0.25, 0.3) is 0 Å². The van der Waals surface area contributed by atoms with Crippen LogP contribution in [-0.4, -0.2) is 33.1 Å². The van der Waals surface area contributed by atoms with Crippen molar-refractivity contribution in [1.82, 2.24) is 0 Å². The molecular weight excluding hydrogens is 368 g/mol. The van der Waals surface area contributed by atoms with E-state index in [1.165, 1.54) is 5.56 Å². The number of carbonyl (C=O) groups is 2. The zero-order valence-corrected chi connectivity index (χ0v) is 19.3. The summed E-state index contributed by atoms with van der Waals surface area (Å²) in [6.07, 6.45) is 4.02. The lowest BCUT2D eigenvalue weighted by atomic mass is 9.79. The van der Waals surface area contributed by atoms with E-state index in [0.29, 0.717) is 19.3 Å². The molecule has 1 aliphatic rings. The van der Waals surface area contributed by atoms with E-state index in [0.717, 1.165) is 25.0 Å². The molecule has 0 unspecified atom stereocenters. The maximum atomic E-state index is 12.8. The average Bonchev–Trinajstić information content (AvgIpc) is 2.83. The van der Waals surface area contributed by atoms with E-state index in [9.17, 15) is 9.59 Å². The lowest BCUT2D eigenvalue weighted by Gasteiger charge is -2.34. The van der Waals surface area contributed by atoms with Gasteiger partial charge in [-0.15, -0.1) is 0 Å². The minimum atomic E-state index is -1.74. The highest BCUT2D eigenvalue weighted by Crippen LogP contribution is 2.44. The molecule has 0 amide bonds. The maximum absolute atomic E-state index is 12.8. The fraction of sp³-hybridized carbons (Fsp3) is 0.652. The van der Waals surface area contributed by atoms with Crippen molar-refractivity contribution in [1.29, 1.82) is 0 Å². The Balaban J connectivity index is 1.86. The Morgan fingerprint density at radius 2 is 1.96 bits per heavy atom. The molecule has 0 N–H and O–H groups in total. The summed E-state index contributed by atoms with van der Waals surface area (Å²) in [4.78, 5) is 25.3. The number of ketones is 2. The molecule has 0 heterocycles. The molecule has 0 bridgehead atoms. The Labute approximate surface area is 171 Å². The third-order valence-corrected chi connectivity index (χ3v) is 6.75. The van der Waals surface area contributed by atoms with Gasteiger partial charge in [-0.1, -0.05) is 26.0 Å². The van der Waals surface area contributed by atoms with Crippen LogP contribution in [0, 0.1) is 11.3 Å². The minimum Gasteiger partial charge on any atom is -0.497 e. The predicted molar refractivity (Wildman–Crippen MR) is 115 cm³/mol. The number of carbonyl (C=O) groups excluding carboxylic acids is 2. The molecule has 28 heavy (non-hydrogen) atoms. The second-order valence-electron chi connectivity index (χ2n) is 9.38. The highest BCUT2D eigenvalue weighted by Gasteiger charge is 2.51. The van der Waals surface area contributed by atoms with Gasteiger partial charge in [0, 0.05) is 18.8 Å². The summed E-state index contributed by atoms with van der Waals surface area (Å²) in [5, 5.41) is 0. The summed E-state index contributed by atoms with van der Waals surface area (Å²) in [6.45, 7) is 10.5. The highest BCUT2D eigenvalue weighted by atomic mass is 28.4. The van der Waals surface area contributed by atoms with Crippen LogP contribution < -0.4 is 4.74 Å². The van der Waals surface area contributed by atoms with Crippen LogP contribution in [0.1, 0.15) is 51.5 Å². The molecule has 1 fully saturated rings. The standard InChI is InChI=1S/C23H36O4Si/c1-17-15-21(27-28(4,5)6)23(2,22(17)25)14-13-19(24)11-7-9-18-10-8-12-20(16-18)26-3/h8,10,12,16-17,21H,7,9,11,13-15H2,1-6H3/t17-,21+,23-/m1/s1. The molecule has 0 aromatic heterocycles. The first kappa shape index (κ1) is 22.8. The summed E-state index contributed by atoms with van der Waals surface area (Å²) in [6, 6.07) is 7.98. The van der Waals surface area contributed by atoms with Crippen LogP contribution in [-0.2, 0) is 20.4 Å². The van der Waals surface area contributed by atoms with Crippen LogP contribution in [0.5, 0.6) is 5.75 Å². The molecular formula is C23H36O4Si. The lowest BCUT2D eigenvalue weighted by Crippen LogP contribution is -2.42. The molecule has 1 aromatic carbocycles. The monoisotopic (exact) mass is 404 g/mol. The van der Waals surface area contributed by atoms with Crippen molar-refractivity contribution in [3.05, 3.63) is 29.8 Å². The first-order valence-corrected chi connectivity index (χ1v) is 13.8. The molecule has 3 atom stereocenters. The fourth-order valence-electron chi connectivity index (χ4n) is 4.14. The van der Waals surface area contributed by atoms with Crippen molar-refractivity contribution in [3.8, 4) is 5.75 Å². The summed E-state index contributed by atoms with van der Waals surface area (Å²) in [5.74, 6) is 1.37. The van der Waals surface area contributed by atoms with Gasteiger partial charge in [0.2, 0.25) is 0 Å². The minimum absolute atomic E-state index is 0.0227. The molecule has 5 heteroatoms. The summed E-state index contributed by atoms with van der Waals surface area (Å²) >= 11 is 0. The molecule has 1 aromatic rings. The predicted octanol–water partition coefficient (Wildman–Crippen LogP) is 5.20. The third-order valence-electron chi connectivity index (χ3n) is 5.76. The van der Waals surface area contributed by atoms with E-state index >= 15 is 0 Å². The number of hydrogen-bond acceptors (Lipinski definition) is 4. The quantitative estimate of drug-likeness (QED) is 0.503. The molecule has 0 aliphatic heterocycles. The number of ether oxygens (including phenoxy) is 1.